The van der Waals surface area contributed by atoms with Crippen molar-refractivity contribution in [3.8, 4) is 22.8 Å². The van der Waals surface area contributed by atoms with E-state index < -0.39 is 17.8 Å². The van der Waals surface area contributed by atoms with Gasteiger partial charge in [-0.3, -0.25) is 0 Å². The van der Waals surface area contributed by atoms with Crippen LogP contribution in [0.1, 0.15) is 11.3 Å². The third-order valence-electron chi connectivity index (χ3n) is 3.93. The van der Waals surface area contributed by atoms with E-state index in [0.717, 1.165) is 23.8 Å². The van der Waals surface area contributed by atoms with Crippen LogP contribution >= 0.6 is 0 Å². The summed E-state index contributed by atoms with van der Waals surface area (Å²) in [6.45, 7) is 6.64. The molecule has 0 amide bonds. The van der Waals surface area contributed by atoms with Crippen molar-refractivity contribution in [3.63, 3.8) is 0 Å². The van der Waals surface area contributed by atoms with Crippen LogP contribution < -0.4 is 9.47 Å². The molecule has 0 atom stereocenters. The Morgan fingerprint density at radius 2 is 1.47 bits per heavy atom. The van der Waals surface area contributed by atoms with Crippen molar-refractivity contribution in [2.24, 2.45) is 0 Å². The van der Waals surface area contributed by atoms with Gasteiger partial charge in [-0.25, -0.2) is 14.0 Å². The number of hydrogen-bond acceptors (Lipinski definition) is 5. The topological polar surface area (TPSA) is 65.7 Å². The summed E-state index contributed by atoms with van der Waals surface area (Å²) in [5, 5.41) is 0. The Hall–Kier alpha value is -4.19. The van der Waals surface area contributed by atoms with Crippen LogP contribution in [0.25, 0.3) is 23.5 Å². The molecule has 5 nitrogen and oxygen atoms in total. The molecule has 0 radical (unpaired) electrons. The van der Waals surface area contributed by atoms with E-state index in [1.165, 1.54) is 12.1 Å². The van der Waals surface area contributed by atoms with Gasteiger partial charge < -0.3 is 13.9 Å². The van der Waals surface area contributed by atoms with E-state index in [-0.39, 0.29) is 5.75 Å². The van der Waals surface area contributed by atoms with Crippen LogP contribution in [0.5, 0.6) is 11.5 Å². The molecule has 0 N–H and O–H groups in total. The summed E-state index contributed by atoms with van der Waals surface area (Å²) >= 11 is 0. The van der Waals surface area contributed by atoms with Gasteiger partial charge in [-0.05, 0) is 60.7 Å². The molecular formula is C24H17FO5. The van der Waals surface area contributed by atoms with Crippen molar-refractivity contribution < 1.29 is 27.9 Å². The Labute approximate surface area is 172 Å². The Balaban J connectivity index is 1.70. The lowest BCUT2D eigenvalue weighted by atomic mass is 10.1. The molecule has 0 aliphatic rings. The van der Waals surface area contributed by atoms with E-state index >= 15 is 0 Å². The second-order valence-electron chi connectivity index (χ2n) is 5.99. The minimum atomic E-state index is -0.660. The molecule has 0 saturated heterocycles. The number of carbonyl (C=O) groups is 2. The number of hydrogen-bond donors (Lipinski definition) is 0. The van der Waals surface area contributed by atoms with Crippen LogP contribution in [-0.4, -0.2) is 11.9 Å². The predicted molar refractivity (Wildman–Crippen MR) is 111 cm³/mol. The first-order valence-corrected chi connectivity index (χ1v) is 8.85. The quantitative estimate of drug-likeness (QED) is 0.298. The summed E-state index contributed by atoms with van der Waals surface area (Å²) in [4.78, 5) is 22.4. The van der Waals surface area contributed by atoms with E-state index in [0.29, 0.717) is 22.8 Å². The minimum Gasteiger partial charge on any atom is -0.457 e. The average molecular weight is 404 g/mol. The van der Waals surface area contributed by atoms with Gasteiger partial charge in [0.2, 0.25) is 0 Å². The molecule has 0 spiro atoms. The molecule has 150 valence electrons. The fraction of sp³-hybridized carbons (Fsp3) is 0. The number of esters is 2. The molecule has 3 rings (SSSR count). The molecule has 0 aliphatic heterocycles. The molecule has 30 heavy (non-hydrogen) atoms. The lowest BCUT2D eigenvalue weighted by molar-refractivity contribution is -0.129. The fourth-order valence-corrected chi connectivity index (χ4v) is 2.48. The first-order valence-electron chi connectivity index (χ1n) is 8.85. The van der Waals surface area contributed by atoms with Crippen molar-refractivity contribution in [2.75, 3.05) is 0 Å². The zero-order valence-electron chi connectivity index (χ0n) is 15.8. The van der Waals surface area contributed by atoms with Crippen LogP contribution in [0.2, 0.25) is 0 Å². The van der Waals surface area contributed by atoms with Crippen molar-refractivity contribution >= 4 is 24.1 Å². The molecular weight excluding hydrogens is 387 g/mol. The SMILES string of the molecule is C=CC(=O)Oc1ccc(-c2ccc(/C=C/c3ccc(OC(=O)C=C)cc3F)o2)cc1. The zero-order chi connectivity index (χ0) is 21.5. The summed E-state index contributed by atoms with van der Waals surface area (Å²) in [5.74, 6) is -0.126. The number of halogens is 1. The second-order valence-corrected chi connectivity index (χ2v) is 5.99. The molecule has 1 heterocycles. The molecule has 6 heteroatoms. The summed E-state index contributed by atoms with van der Waals surface area (Å²) in [6, 6.07) is 14.4. The summed E-state index contributed by atoms with van der Waals surface area (Å²) in [6.07, 6.45) is 5.26. The number of ether oxygens (including phenoxy) is 2. The summed E-state index contributed by atoms with van der Waals surface area (Å²) < 4.78 is 29.8. The Morgan fingerprint density at radius 1 is 0.833 bits per heavy atom. The zero-order valence-corrected chi connectivity index (χ0v) is 15.8. The first-order chi connectivity index (χ1) is 14.5. The van der Waals surface area contributed by atoms with E-state index in [2.05, 4.69) is 13.2 Å². The van der Waals surface area contributed by atoms with E-state index in [1.807, 2.05) is 0 Å². The maximum atomic E-state index is 14.2. The van der Waals surface area contributed by atoms with Crippen LogP contribution in [-0.2, 0) is 9.59 Å². The number of benzene rings is 2. The summed E-state index contributed by atoms with van der Waals surface area (Å²) in [7, 11) is 0. The third-order valence-corrected chi connectivity index (χ3v) is 3.93. The predicted octanol–water partition coefficient (Wildman–Crippen LogP) is 5.44. The Kier molecular flexibility index (Phi) is 6.39. The average Bonchev–Trinajstić information content (AvgIpc) is 3.22. The number of rotatable bonds is 7. The van der Waals surface area contributed by atoms with E-state index in [9.17, 15) is 14.0 Å². The molecule has 0 unspecified atom stereocenters. The molecule has 2 aromatic carbocycles. The van der Waals surface area contributed by atoms with Crippen LogP contribution in [0.15, 0.2) is 84.3 Å². The van der Waals surface area contributed by atoms with Gasteiger partial charge in [0.15, 0.2) is 0 Å². The Bertz CT molecular complexity index is 1120. The standard InChI is InChI=1S/C24H17FO5/c1-3-23(26)29-19-10-7-17(8-11-19)22-14-13-18(28-22)9-5-16-6-12-20(15-21(16)25)30-24(27)4-2/h3-15H,1-2H2/b9-5+. The molecule has 0 aliphatic carbocycles. The highest BCUT2D eigenvalue weighted by molar-refractivity contribution is 5.84. The van der Waals surface area contributed by atoms with Crippen molar-refractivity contribution in [1.82, 2.24) is 0 Å². The fourth-order valence-electron chi connectivity index (χ4n) is 2.48. The highest BCUT2D eigenvalue weighted by atomic mass is 19.1. The van der Waals surface area contributed by atoms with Gasteiger partial charge >= 0.3 is 11.9 Å². The largest absolute Gasteiger partial charge is 0.457 e. The molecule has 0 bridgehead atoms. The normalized spacial score (nSPS) is 10.6. The van der Waals surface area contributed by atoms with Crippen molar-refractivity contribution in [1.29, 1.82) is 0 Å². The van der Waals surface area contributed by atoms with Gasteiger partial charge in [0.1, 0.15) is 28.8 Å². The third kappa shape index (κ3) is 5.20. The smallest absolute Gasteiger partial charge is 0.335 e. The van der Waals surface area contributed by atoms with Gasteiger partial charge in [0.25, 0.3) is 0 Å². The van der Waals surface area contributed by atoms with Gasteiger partial charge in [-0.2, -0.15) is 0 Å². The van der Waals surface area contributed by atoms with Gasteiger partial charge in [0.05, 0.1) is 0 Å². The van der Waals surface area contributed by atoms with Crippen molar-refractivity contribution in [2.45, 2.75) is 0 Å². The lowest BCUT2D eigenvalue weighted by Gasteiger charge is -2.03. The highest BCUT2D eigenvalue weighted by Crippen LogP contribution is 2.26. The van der Waals surface area contributed by atoms with Gasteiger partial charge in [-0.15, -0.1) is 0 Å². The Morgan fingerprint density at radius 3 is 2.10 bits per heavy atom. The lowest BCUT2D eigenvalue weighted by Crippen LogP contribution is -2.03. The summed E-state index contributed by atoms with van der Waals surface area (Å²) in [5.41, 5.74) is 1.09. The number of furan rings is 1. The maximum Gasteiger partial charge on any atom is 0.335 e. The highest BCUT2D eigenvalue weighted by Gasteiger charge is 2.07. The molecule has 3 aromatic rings. The van der Waals surface area contributed by atoms with Crippen LogP contribution in [0, 0.1) is 5.82 Å². The van der Waals surface area contributed by atoms with Crippen molar-refractivity contribution in [3.05, 3.63) is 97.0 Å². The van der Waals surface area contributed by atoms with E-state index in [1.54, 1.807) is 48.6 Å². The van der Waals surface area contributed by atoms with E-state index in [4.69, 9.17) is 13.9 Å². The monoisotopic (exact) mass is 404 g/mol. The molecule has 0 fully saturated rings. The maximum absolute atomic E-state index is 14.2. The van der Waals surface area contributed by atoms with Gasteiger partial charge in [-0.1, -0.05) is 13.2 Å². The van der Waals surface area contributed by atoms with Crippen LogP contribution in [0.4, 0.5) is 4.39 Å². The second kappa shape index (κ2) is 9.34. The molecule has 0 saturated carbocycles. The number of carbonyl (C=O) groups excluding carboxylic acids is 2. The first kappa shape index (κ1) is 20.5. The molecule has 1 aromatic heterocycles. The minimum absolute atomic E-state index is 0.0945. The van der Waals surface area contributed by atoms with Crippen LogP contribution in [0.3, 0.4) is 0 Å². The van der Waals surface area contributed by atoms with Gasteiger partial charge in [0, 0.05) is 29.3 Å².